The second-order valence-corrected chi connectivity index (χ2v) is 4.15. The Hall–Kier alpha value is -1.55. The van der Waals surface area contributed by atoms with Crippen LogP contribution in [-0.2, 0) is 6.42 Å². The summed E-state index contributed by atoms with van der Waals surface area (Å²) >= 11 is 1.48. The average molecular weight is 218 g/mol. The highest BCUT2D eigenvalue weighted by Crippen LogP contribution is 2.17. The van der Waals surface area contributed by atoms with Crippen molar-refractivity contribution in [2.24, 2.45) is 0 Å². The maximum atomic E-state index is 11.8. The molecule has 2 aromatic rings. The van der Waals surface area contributed by atoms with Crippen molar-refractivity contribution < 1.29 is 4.79 Å². The maximum Gasteiger partial charge on any atom is 0.178 e. The summed E-state index contributed by atoms with van der Waals surface area (Å²) in [5.41, 5.74) is 1.81. The van der Waals surface area contributed by atoms with Gasteiger partial charge in [0.05, 0.1) is 17.0 Å². The van der Waals surface area contributed by atoms with Gasteiger partial charge < -0.3 is 0 Å². The lowest BCUT2D eigenvalue weighted by molar-refractivity contribution is 0.0995. The number of Topliss-reactive ketones (excluding diaryl/α,β-unsaturated/α-hetero) is 1. The minimum atomic E-state index is 0.126. The first-order valence-corrected chi connectivity index (χ1v) is 5.47. The van der Waals surface area contributed by atoms with Gasteiger partial charge in [-0.3, -0.25) is 4.79 Å². The number of nitrogens with zero attached hydrogens (tertiary/aromatic N) is 2. The molecule has 0 fully saturated rings. The van der Waals surface area contributed by atoms with Gasteiger partial charge in [-0.1, -0.05) is 0 Å². The molecule has 0 amide bonds. The lowest BCUT2D eigenvalue weighted by atomic mass is 10.1. The molecule has 2 rings (SSSR count). The molecule has 0 saturated carbocycles. The molecule has 0 aromatic carbocycles. The van der Waals surface area contributed by atoms with Gasteiger partial charge in [-0.25, -0.2) is 9.97 Å². The van der Waals surface area contributed by atoms with Crippen LogP contribution in [0.4, 0.5) is 0 Å². The summed E-state index contributed by atoms with van der Waals surface area (Å²) in [6.07, 6.45) is 3.46. The minimum Gasteiger partial charge on any atom is -0.293 e. The molecule has 0 atom stereocenters. The molecule has 0 unspecified atom stereocenters. The number of carbonyl (C=O) groups is 1. The Balaban J connectivity index is 2.15. The van der Waals surface area contributed by atoms with Gasteiger partial charge in [0, 0.05) is 6.20 Å². The summed E-state index contributed by atoms with van der Waals surface area (Å²) in [5.74, 6) is 0.126. The Morgan fingerprint density at radius 2 is 2.33 bits per heavy atom. The normalized spacial score (nSPS) is 10.2. The molecule has 0 N–H and O–H groups in total. The zero-order valence-electron chi connectivity index (χ0n) is 8.30. The fraction of sp³-hybridized carbons (Fsp3) is 0.182. The molecular weight excluding hydrogens is 208 g/mol. The van der Waals surface area contributed by atoms with Gasteiger partial charge >= 0.3 is 0 Å². The van der Waals surface area contributed by atoms with Gasteiger partial charge in [0.1, 0.15) is 6.33 Å². The molecular formula is C11H10N2OS. The van der Waals surface area contributed by atoms with Crippen LogP contribution in [-0.4, -0.2) is 15.8 Å². The molecule has 0 radical (unpaired) electrons. The third-order valence-electron chi connectivity index (χ3n) is 2.10. The van der Waals surface area contributed by atoms with Gasteiger partial charge in [0.15, 0.2) is 5.78 Å². The highest BCUT2D eigenvalue weighted by molar-refractivity contribution is 7.12. The Morgan fingerprint density at radius 3 is 2.93 bits per heavy atom. The van der Waals surface area contributed by atoms with Crippen LogP contribution in [0.5, 0.6) is 0 Å². The Labute approximate surface area is 91.8 Å². The molecule has 0 aliphatic heterocycles. The molecule has 0 bridgehead atoms. The topological polar surface area (TPSA) is 42.9 Å². The number of hydrogen-bond acceptors (Lipinski definition) is 4. The number of ketones is 1. The summed E-state index contributed by atoms with van der Waals surface area (Å²) in [4.78, 5) is 20.5. The Bertz CT molecular complexity index is 464. The van der Waals surface area contributed by atoms with Crippen molar-refractivity contribution in [3.8, 4) is 0 Å². The number of hydrogen-bond donors (Lipinski definition) is 0. The van der Waals surface area contributed by atoms with Crippen molar-refractivity contribution in [1.29, 1.82) is 0 Å². The first kappa shape index (κ1) is 9.98. The van der Waals surface area contributed by atoms with Crippen molar-refractivity contribution in [2.45, 2.75) is 13.3 Å². The van der Waals surface area contributed by atoms with E-state index in [9.17, 15) is 4.79 Å². The van der Waals surface area contributed by atoms with E-state index in [1.807, 2.05) is 18.4 Å². The highest BCUT2D eigenvalue weighted by Gasteiger charge is 2.11. The van der Waals surface area contributed by atoms with Crippen molar-refractivity contribution in [2.75, 3.05) is 0 Å². The van der Waals surface area contributed by atoms with Gasteiger partial charge in [-0.05, 0) is 30.0 Å². The van der Waals surface area contributed by atoms with Gasteiger partial charge in [-0.15, -0.1) is 11.3 Å². The molecule has 0 saturated heterocycles. The standard InChI is InChI=1S/C11H10N2OS/c1-8-3-5-15-11(8)10(14)6-9-2-4-12-7-13-9/h2-5,7H,6H2,1H3. The van der Waals surface area contributed by atoms with Crippen LogP contribution < -0.4 is 0 Å². The molecule has 3 nitrogen and oxygen atoms in total. The number of aryl methyl sites for hydroxylation is 1. The Morgan fingerprint density at radius 1 is 1.47 bits per heavy atom. The Kier molecular flexibility index (Phi) is 2.87. The van der Waals surface area contributed by atoms with Gasteiger partial charge in [0.25, 0.3) is 0 Å². The largest absolute Gasteiger partial charge is 0.293 e. The van der Waals surface area contributed by atoms with Crippen LogP contribution in [0.15, 0.2) is 30.0 Å². The summed E-state index contributed by atoms with van der Waals surface area (Å²) in [6.45, 7) is 1.95. The average Bonchev–Trinajstić information content (AvgIpc) is 2.66. The van der Waals surface area contributed by atoms with Crippen LogP contribution in [0, 0.1) is 6.92 Å². The zero-order chi connectivity index (χ0) is 10.7. The maximum absolute atomic E-state index is 11.8. The van der Waals surface area contributed by atoms with E-state index in [-0.39, 0.29) is 5.78 Å². The smallest absolute Gasteiger partial charge is 0.178 e. The van der Waals surface area contributed by atoms with Crippen LogP contribution in [0.3, 0.4) is 0 Å². The van der Waals surface area contributed by atoms with E-state index in [0.29, 0.717) is 6.42 Å². The second-order valence-electron chi connectivity index (χ2n) is 3.23. The molecule has 15 heavy (non-hydrogen) atoms. The molecule has 0 spiro atoms. The number of aromatic nitrogens is 2. The SMILES string of the molecule is Cc1ccsc1C(=O)Cc1ccncn1. The summed E-state index contributed by atoms with van der Waals surface area (Å²) in [6, 6.07) is 3.72. The molecule has 2 aromatic heterocycles. The van der Waals surface area contributed by atoms with E-state index in [1.165, 1.54) is 17.7 Å². The predicted octanol–water partition coefficient (Wildman–Crippen LogP) is 2.27. The highest BCUT2D eigenvalue weighted by atomic mass is 32.1. The van der Waals surface area contributed by atoms with E-state index < -0.39 is 0 Å². The van der Waals surface area contributed by atoms with Gasteiger partial charge in [-0.2, -0.15) is 0 Å². The third-order valence-corrected chi connectivity index (χ3v) is 3.16. The van der Waals surface area contributed by atoms with E-state index in [2.05, 4.69) is 9.97 Å². The molecule has 0 aliphatic rings. The van der Waals surface area contributed by atoms with E-state index in [4.69, 9.17) is 0 Å². The first-order valence-electron chi connectivity index (χ1n) is 4.59. The molecule has 76 valence electrons. The first-order chi connectivity index (χ1) is 7.27. The second kappa shape index (κ2) is 4.31. The quantitative estimate of drug-likeness (QED) is 0.742. The summed E-state index contributed by atoms with van der Waals surface area (Å²) in [5, 5.41) is 1.93. The van der Waals surface area contributed by atoms with E-state index >= 15 is 0 Å². The number of thiophene rings is 1. The van der Waals surface area contributed by atoms with Crippen molar-refractivity contribution in [3.63, 3.8) is 0 Å². The molecule has 2 heterocycles. The minimum absolute atomic E-state index is 0.126. The zero-order valence-corrected chi connectivity index (χ0v) is 9.12. The van der Waals surface area contributed by atoms with Crippen molar-refractivity contribution >= 4 is 17.1 Å². The fourth-order valence-electron chi connectivity index (χ4n) is 1.33. The van der Waals surface area contributed by atoms with E-state index in [0.717, 1.165) is 16.1 Å². The molecule has 4 heteroatoms. The molecule has 0 aliphatic carbocycles. The fourth-order valence-corrected chi connectivity index (χ4v) is 2.19. The number of carbonyl (C=O) groups excluding carboxylic acids is 1. The monoisotopic (exact) mass is 218 g/mol. The van der Waals surface area contributed by atoms with E-state index in [1.54, 1.807) is 12.3 Å². The predicted molar refractivity (Wildman–Crippen MR) is 59.1 cm³/mol. The van der Waals surface area contributed by atoms with Crippen LogP contribution in [0.2, 0.25) is 0 Å². The summed E-state index contributed by atoms with van der Waals surface area (Å²) in [7, 11) is 0. The van der Waals surface area contributed by atoms with Crippen LogP contribution >= 0.6 is 11.3 Å². The van der Waals surface area contributed by atoms with Crippen LogP contribution in [0.1, 0.15) is 20.9 Å². The van der Waals surface area contributed by atoms with Crippen molar-refractivity contribution in [1.82, 2.24) is 9.97 Å². The van der Waals surface area contributed by atoms with Crippen molar-refractivity contribution in [3.05, 3.63) is 46.2 Å². The van der Waals surface area contributed by atoms with Gasteiger partial charge in [0.2, 0.25) is 0 Å². The lowest BCUT2D eigenvalue weighted by Gasteiger charge is -1.98. The van der Waals surface area contributed by atoms with Crippen LogP contribution in [0.25, 0.3) is 0 Å². The summed E-state index contributed by atoms with van der Waals surface area (Å²) < 4.78 is 0. The number of rotatable bonds is 3. The third kappa shape index (κ3) is 2.27. The lowest BCUT2D eigenvalue weighted by Crippen LogP contribution is -2.04.